The minimum atomic E-state index is -2.37. The first-order valence-electron chi connectivity index (χ1n) is 11.2. The zero-order valence-corrected chi connectivity index (χ0v) is 21.9. The van der Waals surface area contributed by atoms with Crippen molar-refractivity contribution in [3.63, 3.8) is 0 Å². The van der Waals surface area contributed by atoms with E-state index in [1.165, 1.54) is 11.3 Å². The van der Waals surface area contributed by atoms with Crippen molar-refractivity contribution in [3.05, 3.63) is 53.5 Å². The Labute approximate surface area is 205 Å². The Hall–Kier alpha value is -2.88. The van der Waals surface area contributed by atoms with Gasteiger partial charge in [-0.15, -0.1) is 11.3 Å². The van der Waals surface area contributed by atoms with Crippen LogP contribution in [0.1, 0.15) is 16.6 Å². The van der Waals surface area contributed by atoms with Crippen molar-refractivity contribution < 1.29 is 9.00 Å². The number of thiol groups is 1. The average Bonchev–Trinajstić information content (AvgIpc) is 3.24. The lowest BCUT2D eigenvalue weighted by Gasteiger charge is -2.22. The molecule has 0 radical (unpaired) electrons. The average molecular weight is 498 g/mol. The number of anilines is 2. The molecule has 9 heteroatoms. The van der Waals surface area contributed by atoms with Gasteiger partial charge in [-0.05, 0) is 69.9 Å². The molecule has 4 aromatic rings. The fourth-order valence-electron chi connectivity index (χ4n) is 3.70. The number of thiophene rings is 1. The Morgan fingerprint density at radius 2 is 1.91 bits per heavy atom. The van der Waals surface area contributed by atoms with Crippen LogP contribution in [-0.2, 0) is 9.93 Å². The fraction of sp³-hybridized carbons (Fsp3) is 0.320. The number of benzene rings is 2. The van der Waals surface area contributed by atoms with E-state index in [-0.39, 0.29) is 5.91 Å². The molecule has 180 valence electrons. The topological polar surface area (TPSA) is 78.4 Å². The van der Waals surface area contributed by atoms with Gasteiger partial charge in [-0.3, -0.25) is 9.00 Å². The number of likely N-dealkylation sites (N-methyl/N-ethyl adjacent to an activating group) is 2. The predicted molar refractivity (Wildman–Crippen MR) is 144 cm³/mol. The van der Waals surface area contributed by atoms with E-state index in [2.05, 4.69) is 15.2 Å². The Balaban J connectivity index is 1.67. The number of hydrogen-bond acceptors (Lipinski definition) is 7. The summed E-state index contributed by atoms with van der Waals surface area (Å²) in [5.41, 5.74) is 1.59. The van der Waals surface area contributed by atoms with Crippen molar-refractivity contribution in [3.8, 4) is 0 Å². The third-order valence-corrected chi connectivity index (χ3v) is 8.28. The van der Waals surface area contributed by atoms with Gasteiger partial charge in [-0.1, -0.05) is 16.0 Å². The number of fused-ring (bicyclic) bond motifs is 3. The largest absolute Gasteiger partial charge is 0.337 e. The van der Waals surface area contributed by atoms with E-state index in [0.29, 0.717) is 23.9 Å². The van der Waals surface area contributed by atoms with Gasteiger partial charge in [0.15, 0.2) is 0 Å². The van der Waals surface area contributed by atoms with Crippen molar-refractivity contribution in [2.45, 2.75) is 11.8 Å². The van der Waals surface area contributed by atoms with E-state index in [9.17, 15) is 9.00 Å². The summed E-state index contributed by atoms with van der Waals surface area (Å²) in [5, 5.41) is 5.09. The lowest BCUT2D eigenvalue weighted by atomic mass is 10.1. The molecular weight excluding hydrogens is 466 g/mol. The number of nitrogens with zero attached hydrogens (tertiary/aromatic N) is 4. The highest BCUT2D eigenvalue weighted by Crippen LogP contribution is 2.32. The molecule has 2 aromatic heterocycles. The number of rotatable bonds is 8. The highest BCUT2D eigenvalue weighted by Gasteiger charge is 2.18. The van der Waals surface area contributed by atoms with Crippen molar-refractivity contribution in [1.29, 1.82) is 0 Å². The molecule has 0 saturated carbocycles. The molecule has 2 heterocycles. The van der Waals surface area contributed by atoms with Crippen LogP contribution in [0.4, 0.5) is 11.6 Å². The summed E-state index contributed by atoms with van der Waals surface area (Å²) < 4.78 is 13.5. The molecule has 0 fully saturated rings. The Morgan fingerprint density at radius 1 is 1.12 bits per heavy atom. The van der Waals surface area contributed by atoms with Crippen molar-refractivity contribution >= 4 is 59.8 Å². The van der Waals surface area contributed by atoms with E-state index in [4.69, 9.17) is 4.98 Å². The molecular formula is C25H31N5O2S2. The maximum absolute atomic E-state index is 13.2. The van der Waals surface area contributed by atoms with Crippen molar-refractivity contribution in [1.82, 2.24) is 19.8 Å². The molecule has 0 atom stereocenters. The van der Waals surface area contributed by atoms with Gasteiger partial charge in [-0.25, -0.2) is 9.97 Å². The number of hydrogen-bond donors (Lipinski definition) is 2. The number of carbonyl (C=O) groups is 1. The van der Waals surface area contributed by atoms with Crippen LogP contribution in [0.2, 0.25) is 0 Å². The van der Waals surface area contributed by atoms with Gasteiger partial charge in [0, 0.05) is 51.9 Å². The maximum atomic E-state index is 13.2. The molecule has 4 rings (SSSR count). The van der Waals surface area contributed by atoms with Crippen molar-refractivity contribution in [2.24, 2.45) is 0 Å². The second kappa shape index (κ2) is 9.77. The Bertz CT molecular complexity index is 1390. The summed E-state index contributed by atoms with van der Waals surface area (Å²) >= 11 is 1.50. The molecule has 1 amide bonds. The van der Waals surface area contributed by atoms with Crippen LogP contribution in [0, 0.1) is 0 Å². The van der Waals surface area contributed by atoms with E-state index in [1.54, 1.807) is 18.7 Å². The van der Waals surface area contributed by atoms with E-state index in [0.717, 1.165) is 38.1 Å². The second-order valence-corrected chi connectivity index (χ2v) is 13.2. The third kappa shape index (κ3) is 5.27. The minimum Gasteiger partial charge on any atom is -0.337 e. The van der Waals surface area contributed by atoms with Gasteiger partial charge in [-0.2, -0.15) is 0 Å². The molecule has 7 nitrogen and oxygen atoms in total. The molecule has 0 bridgehead atoms. The first-order chi connectivity index (χ1) is 16.2. The van der Waals surface area contributed by atoms with E-state index < -0.39 is 9.93 Å². The molecule has 1 N–H and O–H groups in total. The zero-order valence-electron chi connectivity index (χ0n) is 20.2. The first kappa shape index (κ1) is 24.3. The summed E-state index contributed by atoms with van der Waals surface area (Å²) in [4.78, 5) is 27.9. The van der Waals surface area contributed by atoms with E-state index >= 15 is 0 Å². The number of aromatic nitrogens is 2. The molecule has 0 aliphatic rings. The first-order valence-corrected chi connectivity index (χ1v) is 14.6. The molecule has 0 spiro atoms. The standard InChI is InChI=1S/C25H31N5O2S2/c1-6-30(13-12-29(2)3)24(31)22-15-20-21(33-22)11-10-17-16-26-25(28-23(17)20)27-18-8-7-9-19(14-18)34(4,5)32/h7-11,14-16,34H,6,12-13H2,1-5H3,(H,26,27,28). The number of carbonyl (C=O) groups excluding carboxylic acids is 1. The van der Waals surface area contributed by atoms with Crippen LogP contribution in [0.15, 0.2) is 53.6 Å². The summed E-state index contributed by atoms with van der Waals surface area (Å²) in [6.07, 6.45) is 5.29. The Kier molecular flexibility index (Phi) is 6.97. The summed E-state index contributed by atoms with van der Waals surface area (Å²) in [5.74, 6) is 0.505. The van der Waals surface area contributed by atoms with Crippen LogP contribution in [-0.4, -0.2) is 76.1 Å². The fourth-order valence-corrected chi connectivity index (χ4v) is 5.63. The molecule has 0 aliphatic carbocycles. The lowest BCUT2D eigenvalue weighted by molar-refractivity contribution is 0.0759. The SMILES string of the molecule is CCN(CCN(C)C)C(=O)c1cc2c(ccc3cnc(Nc4cccc([SH](C)(C)=O)c4)nc32)s1. The number of amides is 1. The van der Waals surface area contributed by atoms with Gasteiger partial charge >= 0.3 is 0 Å². The lowest BCUT2D eigenvalue weighted by Crippen LogP contribution is -2.36. The molecule has 0 aliphatic heterocycles. The molecule has 0 saturated heterocycles. The molecule has 2 aromatic carbocycles. The molecule has 0 unspecified atom stereocenters. The monoisotopic (exact) mass is 497 g/mol. The van der Waals surface area contributed by atoms with E-state index in [1.807, 2.05) is 68.4 Å². The van der Waals surface area contributed by atoms with Crippen molar-refractivity contribution in [2.75, 3.05) is 51.6 Å². The predicted octanol–water partition coefficient (Wildman–Crippen LogP) is 4.25. The summed E-state index contributed by atoms with van der Waals surface area (Å²) in [7, 11) is 1.65. The van der Waals surface area contributed by atoms with Crippen LogP contribution in [0.5, 0.6) is 0 Å². The van der Waals surface area contributed by atoms with Gasteiger partial charge in [0.1, 0.15) is 0 Å². The highest BCUT2D eigenvalue weighted by atomic mass is 32.2. The van der Waals surface area contributed by atoms with Crippen LogP contribution in [0.3, 0.4) is 0 Å². The van der Waals surface area contributed by atoms with Crippen LogP contribution >= 0.6 is 11.3 Å². The summed E-state index contributed by atoms with van der Waals surface area (Å²) in [6, 6.07) is 13.5. The van der Waals surface area contributed by atoms with Gasteiger partial charge in [0.25, 0.3) is 5.91 Å². The zero-order chi connectivity index (χ0) is 24.5. The van der Waals surface area contributed by atoms with Gasteiger partial charge < -0.3 is 15.1 Å². The highest BCUT2D eigenvalue weighted by molar-refractivity contribution is 8.01. The maximum Gasteiger partial charge on any atom is 0.263 e. The quantitative estimate of drug-likeness (QED) is 0.355. The minimum absolute atomic E-state index is 0.0477. The summed E-state index contributed by atoms with van der Waals surface area (Å²) in [6.45, 7) is 4.18. The second-order valence-electron chi connectivity index (χ2n) is 8.93. The normalized spacial score (nSPS) is 12.4. The van der Waals surface area contributed by atoms with Crippen LogP contribution in [0.25, 0.3) is 21.0 Å². The molecule has 34 heavy (non-hydrogen) atoms. The smallest absolute Gasteiger partial charge is 0.263 e. The van der Waals surface area contributed by atoms with Gasteiger partial charge in [0.05, 0.1) is 10.4 Å². The Morgan fingerprint density at radius 3 is 2.62 bits per heavy atom. The van der Waals surface area contributed by atoms with Crippen LogP contribution < -0.4 is 5.32 Å². The number of nitrogens with one attached hydrogen (secondary N) is 1. The third-order valence-electron chi connectivity index (χ3n) is 5.67. The van der Waals surface area contributed by atoms with Gasteiger partial charge in [0.2, 0.25) is 5.95 Å².